The van der Waals surface area contributed by atoms with Gasteiger partial charge in [-0.1, -0.05) is 17.7 Å². The predicted octanol–water partition coefficient (Wildman–Crippen LogP) is 4.27. The van der Waals surface area contributed by atoms with Crippen LogP contribution in [0.4, 0.5) is 10.5 Å². The van der Waals surface area contributed by atoms with E-state index >= 15 is 0 Å². The van der Waals surface area contributed by atoms with E-state index in [0.29, 0.717) is 29.4 Å². The van der Waals surface area contributed by atoms with Gasteiger partial charge in [0.25, 0.3) is 0 Å². The number of benzene rings is 2. The summed E-state index contributed by atoms with van der Waals surface area (Å²) in [7, 11) is 0. The first kappa shape index (κ1) is 19.9. The number of carbonyl (C=O) groups excluding carboxylic acids is 1. The maximum absolute atomic E-state index is 12.7. The Hall–Kier alpha value is -3.08. The molecular weight excluding hydrogens is 414 g/mol. The lowest BCUT2D eigenvalue weighted by molar-refractivity contribution is -0.0111. The highest BCUT2D eigenvalue weighted by molar-refractivity contribution is 6.31. The Morgan fingerprint density at radius 2 is 2.10 bits per heavy atom. The number of rotatable bonds is 2. The van der Waals surface area contributed by atoms with Gasteiger partial charge in [-0.3, -0.25) is 4.68 Å². The molecule has 0 radical (unpaired) electrons. The van der Waals surface area contributed by atoms with Crippen molar-refractivity contribution in [1.29, 1.82) is 5.26 Å². The van der Waals surface area contributed by atoms with E-state index in [1.165, 1.54) is 0 Å². The number of halogens is 1. The van der Waals surface area contributed by atoms with Crippen LogP contribution in [-0.2, 0) is 5.54 Å². The minimum atomic E-state index is -0.698. The number of amides is 2. The van der Waals surface area contributed by atoms with Crippen LogP contribution >= 0.6 is 11.6 Å². The smallest absolute Gasteiger partial charge is 0.321 e. The summed E-state index contributed by atoms with van der Waals surface area (Å²) < 4.78 is 1.95. The third-order valence-corrected chi connectivity index (χ3v) is 7.03. The van der Waals surface area contributed by atoms with Crippen molar-refractivity contribution in [3.05, 3.63) is 58.7 Å². The first-order chi connectivity index (χ1) is 14.9. The average molecular weight is 436 g/mol. The van der Waals surface area contributed by atoms with E-state index in [-0.39, 0.29) is 11.9 Å². The molecule has 31 heavy (non-hydrogen) atoms. The molecule has 3 aromatic rings. The Labute approximate surface area is 184 Å². The molecular formula is C23H22ClN5O2. The molecule has 2 atom stereocenters. The highest BCUT2D eigenvalue weighted by atomic mass is 35.5. The standard InChI is InChI=1S/C23H22ClN5O2/c1-23(21(30)19-11-17(24)10-15-13-26-29(23)20(15)19)16-5-7-28(8-6-16)22(31)27-18-4-2-3-14(9-18)12-25/h2-4,9-11,13,16,21,30H,5-8H2,1H3,(H,27,31)/t21-,23?/m1/s1. The highest BCUT2D eigenvalue weighted by Gasteiger charge is 2.50. The van der Waals surface area contributed by atoms with Crippen LogP contribution in [0.15, 0.2) is 42.6 Å². The van der Waals surface area contributed by atoms with Crippen LogP contribution in [0.25, 0.3) is 10.9 Å². The SMILES string of the molecule is CC1(C2CCN(C(=O)Nc3cccc(C#N)c3)CC2)[C@H](O)c2cc(Cl)cc3cnn1c23. The number of piperidine rings is 1. The van der Waals surface area contributed by atoms with Crippen LogP contribution in [0.1, 0.15) is 37.0 Å². The molecule has 1 saturated heterocycles. The molecule has 2 N–H and O–H groups in total. The van der Waals surface area contributed by atoms with Crippen LogP contribution in [0, 0.1) is 17.2 Å². The molecule has 0 bridgehead atoms. The molecule has 2 aromatic carbocycles. The minimum absolute atomic E-state index is 0.155. The lowest BCUT2D eigenvalue weighted by Gasteiger charge is -2.42. The zero-order chi connectivity index (χ0) is 21.8. The van der Waals surface area contributed by atoms with Crippen LogP contribution < -0.4 is 5.32 Å². The number of nitrogens with zero attached hydrogens (tertiary/aromatic N) is 4. The van der Waals surface area contributed by atoms with Crippen molar-refractivity contribution in [2.75, 3.05) is 18.4 Å². The molecule has 0 saturated carbocycles. The number of carbonyl (C=O) groups is 1. The average Bonchev–Trinajstić information content (AvgIpc) is 3.30. The van der Waals surface area contributed by atoms with Crippen molar-refractivity contribution in [3.8, 4) is 6.07 Å². The molecule has 1 aromatic heterocycles. The van der Waals surface area contributed by atoms with E-state index in [9.17, 15) is 9.90 Å². The second kappa shape index (κ2) is 7.26. The van der Waals surface area contributed by atoms with Crippen molar-refractivity contribution in [3.63, 3.8) is 0 Å². The molecule has 1 fully saturated rings. The molecule has 158 valence electrons. The maximum atomic E-state index is 12.7. The van der Waals surface area contributed by atoms with E-state index in [2.05, 4.69) is 16.5 Å². The van der Waals surface area contributed by atoms with Gasteiger partial charge in [-0.05, 0) is 56.0 Å². The van der Waals surface area contributed by atoms with Crippen LogP contribution in [0.5, 0.6) is 0 Å². The van der Waals surface area contributed by atoms with Gasteiger partial charge in [-0.2, -0.15) is 10.4 Å². The van der Waals surface area contributed by atoms with E-state index in [0.717, 1.165) is 29.3 Å². The summed E-state index contributed by atoms with van der Waals surface area (Å²) in [6.07, 6.45) is 2.61. The summed E-state index contributed by atoms with van der Waals surface area (Å²) in [5, 5.41) is 29.3. The molecule has 0 spiro atoms. The Morgan fingerprint density at radius 3 is 2.84 bits per heavy atom. The lowest BCUT2D eigenvalue weighted by Crippen LogP contribution is -2.49. The van der Waals surface area contributed by atoms with Crippen LogP contribution in [-0.4, -0.2) is 38.9 Å². The summed E-state index contributed by atoms with van der Waals surface area (Å²) in [6, 6.07) is 12.5. The number of urea groups is 1. The van der Waals surface area contributed by atoms with E-state index in [1.807, 2.05) is 23.7 Å². The Kier molecular flexibility index (Phi) is 4.65. The van der Waals surface area contributed by atoms with E-state index in [1.54, 1.807) is 35.4 Å². The summed E-state index contributed by atoms with van der Waals surface area (Å²) in [4.78, 5) is 14.5. The van der Waals surface area contributed by atoms with Gasteiger partial charge >= 0.3 is 6.03 Å². The second-order valence-corrected chi connectivity index (χ2v) is 8.94. The quantitative estimate of drug-likeness (QED) is 0.628. The van der Waals surface area contributed by atoms with E-state index < -0.39 is 11.6 Å². The van der Waals surface area contributed by atoms with Gasteiger partial charge in [0.1, 0.15) is 6.10 Å². The predicted molar refractivity (Wildman–Crippen MR) is 118 cm³/mol. The van der Waals surface area contributed by atoms with Gasteiger partial charge in [0, 0.05) is 34.7 Å². The summed E-state index contributed by atoms with van der Waals surface area (Å²) in [5.74, 6) is 0.155. The Balaban J connectivity index is 1.31. The Morgan fingerprint density at radius 1 is 1.32 bits per heavy atom. The first-order valence-corrected chi connectivity index (χ1v) is 10.7. The molecule has 0 aliphatic carbocycles. The zero-order valence-corrected chi connectivity index (χ0v) is 17.8. The fourth-order valence-corrected chi connectivity index (χ4v) is 5.33. The van der Waals surface area contributed by atoms with Crippen molar-refractivity contribution in [1.82, 2.24) is 14.7 Å². The summed E-state index contributed by atoms with van der Waals surface area (Å²) in [5.41, 5.74) is 2.29. The lowest BCUT2D eigenvalue weighted by atomic mass is 9.75. The molecule has 2 aliphatic heterocycles. The number of nitriles is 1. The van der Waals surface area contributed by atoms with E-state index in [4.69, 9.17) is 16.9 Å². The molecule has 3 heterocycles. The second-order valence-electron chi connectivity index (χ2n) is 8.50. The maximum Gasteiger partial charge on any atom is 0.321 e. The monoisotopic (exact) mass is 435 g/mol. The van der Waals surface area contributed by atoms with Gasteiger partial charge in [0.2, 0.25) is 0 Å². The first-order valence-electron chi connectivity index (χ1n) is 10.3. The van der Waals surface area contributed by atoms with Crippen molar-refractivity contribution in [2.45, 2.75) is 31.4 Å². The normalized spacial score (nSPS) is 23.2. The fourth-order valence-electron chi connectivity index (χ4n) is 5.10. The number of hydrogen-bond acceptors (Lipinski definition) is 4. The highest BCUT2D eigenvalue weighted by Crippen LogP contribution is 2.51. The van der Waals surface area contributed by atoms with Gasteiger partial charge in [0.15, 0.2) is 0 Å². The number of aromatic nitrogens is 2. The van der Waals surface area contributed by atoms with Gasteiger partial charge in [-0.15, -0.1) is 0 Å². The minimum Gasteiger partial charge on any atom is -0.386 e. The molecule has 2 aliphatic rings. The number of aliphatic hydroxyl groups excluding tert-OH is 1. The number of anilines is 1. The van der Waals surface area contributed by atoms with Crippen molar-refractivity contribution >= 4 is 34.2 Å². The number of nitrogens with one attached hydrogen (secondary N) is 1. The third kappa shape index (κ3) is 3.06. The topological polar surface area (TPSA) is 94.2 Å². The number of likely N-dealkylation sites (tertiary alicyclic amines) is 1. The van der Waals surface area contributed by atoms with Gasteiger partial charge in [0.05, 0.1) is 28.9 Å². The van der Waals surface area contributed by atoms with Gasteiger partial charge in [-0.25, -0.2) is 4.79 Å². The van der Waals surface area contributed by atoms with Crippen molar-refractivity contribution < 1.29 is 9.90 Å². The molecule has 8 heteroatoms. The third-order valence-electron chi connectivity index (χ3n) is 6.81. The molecule has 1 unspecified atom stereocenters. The summed E-state index contributed by atoms with van der Waals surface area (Å²) >= 11 is 6.25. The molecule has 7 nitrogen and oxygen atoms in total. The van der Waals surface area contributed by atoms with Crippen molar-refractivity contribution in [2.24, 2.45) is 5.92 Å². The number of hydrogen-bond donors (Lipinski definition) is 2. The summed E-state index contributed by atoms with van der Waals surface area (Å²) in [6.45, 7) is 3.21. The largest absolute Gasteiger partial charge is 0.386 e. The fraction of sp³-hybridized carbons (Fsp3) is 0.348. The number of aliphatic hydroxyl groups is 1. The Bertz CT molecular complexity index is 1220. The zero-order valence-electron chi connectivity index (χ0n) is 17.0. The molecule has 2 amide bonds. The van der Waals surface area contributed by atoms with Crippen LogP contribution in [0.2, 0.25) is 5.02 Å². The van der Waals surface area contributed by atoms with Crippen LogP contribution in [0.3, 0.4) is 0 Å². The molecule has 5 rings (SSSR count). The van der Waals surface area contributed by atoms with Gasteiger partial charge < -0.3 is 15.3 Å².